The number of aromatic amines is 1. The highest BCUT2D eigenvalue weighted by Gasteiger charge is 2.20. The molecule has 6 nitrogen and oxygen atoms in total. The Morgan fingerprint density at radius 1 is 1.22 bits per heavy atom. The molecular formula is C19H20N4O2S2. The molecule has 2 N–H and O–H groups in total. The fourth-order valence-electron chi connectivity index (χ4n) is 2.92. The predicted octanol–water partition coefficient (Wildman–Crippen LogP) is 4.71. The van der Waals surface area contributed by atoms with Crippen LogP contribution in [0, 0.1) is 20.8 Å². The van der Waals surface area contributed by atoms with Gasteiger partial charge in [-0.25, -0.2) is 0 Å². The Morgan fingerprint density at radius 3 is 2.67 bits per heavy atom. The van der Waals surface area contributed by atoms with Crippen LogP contribution in [0.3, 0.4) is 0 Å². The summed E-state index contributed by atoms with van der Waals surface area (Å²) < 4.78 is 0.714. The molecule has 2 heterocycles. The van der Waals surface area contributed by atoms with Crippen molar-refractivity contribution in [3.8, 4) is 0 Å². The summed E-state index contributed by atoms with van der Waals surface area (Å²) in [5, 5.41) is 12.2. The maximum Gasteiger partial charge on any atom is 0.210 e. The molecule has 0 aliphatic heterocycles. The van der Waals surface area contributed by atoms with Crippen molar-refractivity contribution in [2.75, 3.05) is 11.1 Å². The maximum absolute atomic E-state index is 12.5. The molecule has 3 aromatic rings. The SMILES string of the molecule is CC(=O)c1c(C)[nH]c(C(=O)CSc2nnc(Nc3cccc(C)c3)s2)c1C. The van der Waals surface area contributed by atoms with E-state index in [1.165, 1.54) is 30.0 Å². The average molecular weight is 401 g/mol. The largest absolute Gasteiger partial charge is 0.355 e. The number of carbonyl (C=O) groups excluding carboxylic acids is 2. The third-order valence-electron chi connectivity index (χ3n) is 4.07. The second kappa shape index (κ2) is 8.06. The minimum atomic E-state index is -0.0588. The first-order valence-electron chi connectivity index (χ1n) is 8.38. The van der Waals surface area contributed by atoms with Crippen LogP contribution in [0.25, 0.3) is 0 Å². The predicted molar refractivity (Wildman–Crippen MR) is 110 cm³/mol. The van der Waals surface area contributed by atoms with E-state index in [0.717, 1.165) is 16.9 Å². The first kappa shape index (κ1) is 19.3. The molecule has 8 heteroatoms. The number of aromatic nitrogens is 3. The number of hydrogen-bond acceptors (Lipinski definition) is 7. The lowest BCUT2D eigenvalue weighted by molar-refractivity contribution is 0.101. The van der Waals surface area contributed by atoms with Gasteiger partial charge < -0.3 is 10.3 Å². The molecule has 0 amide bonds. The van der Waals surface area contributed by atoms with Crippen LogP contribution in [0.2, 0.25) is 0 Å². The van der Waals surface area contributed by atoms with Gasteiger partial charge in [0.2, 0.25) is 5.13 Å². The molecule has 0 unspecified atom stereocenters. The number of H-pyrrole nitrogens is 1. The summed E-state index contributed by atoms with van der Waals surface area (Å²) in [5.41, 5.74) is 4.65. The lowest BCUT2D eigenvalue weighted by atomic mass is 10.1. The lowest BCUT2D eigenvalue weighted by Crippen LogP contribution is -2.05. The summed E-state index contributed by atoms with van der Waals surface area (Å²) in [6, 6.07) is 8.00. The zero-order valence-electron chi connectivity index (χ0n) is 15.5. The molecule has 0 spiro atoms. The topological polar surface area (TPSA) is 87.7 Å². The van der Waals surface area contributed by atoms with Gasteiger partial charge >= 0.3 is 0 Å². The number of hydrogen-bond donors (Lipinski definition) is 2. The average Bonchev–Trinajstić information content (AvgIpc) is 3.16. The second-order valence-corrected chi connectivity index (χ2v) is 8.46. The first-order valence-corrected chi connectivity index (χ1v) is 10.2. The fourth-order valence-corrected chi connectivity index (χ4v) is 4.57. The van der Waals surface area contributed by atoms with E-state index in [-0.39, 0.29) is 17.3 Å². The van der Waals surface area contributed by atoms with E-state index < -0.39 is 0 Å². The number of rotatable bonds is 7. The Hall–Kier alpha value is -2.45. The van der Waals surface area contributed by atoms with Gasteiger partial charge in [0.05, 0.1) is 11.4 Å². The molecule has 2 aromatic heterocycles. The first-order chi connectivity index (χ1) is 12.8. The zero-order valence-corrected chi connectivity index (χ0v) is 17.2. The van der Waals surface area contributed by atoms with Gasteiger partial charge in [-0.3, -0.25) is 9.59 Å². The quantitative estimate of drug-likeness (QED) is 0.441. The van der Waals surface area contributed by atoms with Gasteiger partial charge in [-0.05, 0) is 51.0 Å². The molecular weight excluding hydrogens is 380 g/mol. The van der Waals surface area contributed by atoms with Gasteiger partial charge in [-0.1, -0.05) is 35.2 Å². The number of Topliss-reactive ketones (excluding diaryl/α,β-unsaturated/α-hetero) is 2. The van der Waals surface area contributed by atoms with Crippen molar-refractivity contribution in [2.45, 2.75) is 32.0 Å². The monoisotopic (exact) mass is 400 g/mol. The van der Waals surface area contributed by atoms with Crippen LogP contribution in [0.4, 0.5) is 10.8 Å². The molecule has 0 radical (unpaired) electrons. The Morgan fingerprint density at radius 2 is 2.00 bits per heavy atom. The molecule has 140 valence electrons. The van der Waals surface area contributed by atoms with Gasteiger partial charge in [-0.2, -0.15) is 0 Å². The summed E-state index contributed by atoms with van der Waals surface area (Å²) in [6.07, 6.45) is 0. The van der Waals surface area contributed by atoms with E-state index in [2.05, 4.69) is 20.5 Å². The normalized spacial score (nSPS) is 10.8. The number of nitrogens with zero attached hydrogens (tertiary/aromatic N) is 2. The highest BCUT2D eigenvalue weighted by molar-refractivity contribution is 8.01. The van der Waals surface area contributed by atoms with E-state index in [0.29, 0.717) is 26.3 Å². The van der Waals surface area contributed by atoms with Crippen LogP contribution in [0.1, 0.15) is 44.6 Å². The molecule has 3 rings (SSSR count). The van der Waals surface area contributed by atoms with Crippen molar-refractivity contribution < 1.29 is 9.59 Å². The number of nitrogens with one attached hydrogen (secondary N) is 2. The summed E-state index contributed by atoms with van der Waals surface area (Å²) >= 11 is 2.74. The van der Waals surface area contributed by atoms with Crippen LogP contribution in [0.5, 0.6) is 0 Å². The summed E-state index contributed by atoms with van der Waals surface area (Å²) in [4.78, 5) is 27.3. The number of thioether (sulfide) groups is 1. The smallest absolute Gasteiger partial charge is 0.210 e. The van der Waals surface area contributed by atoms with Crippen LogP contribution in [-0.2, 0) is 0 Å². The van der Waals surface area contributed by atoms with Crippen LogP contribution in [0.15, 0.2) is 28.6 Å². The molecule has 0 bridgehead atoms. The van der Waals surface area contributed by atoms with Gasteiger partial charge in [-0.15, -0.1) is 10.2 Å². The summed E-state index contributed by atoms with van der Waals surface area (Å²) in [5.74, 6) is 0.137. The van der Waals surface area contributed by atoms with Gasteiger partial charge in [0.25, 0.3) is 0 Å². The Kier molecular flexibility index (Phi) is 5.76. The molecule has 0 fully saturated rings. The van der Waals surface area contributed by atoms with Crippen molar-refractivity contribution in [1.82, 2.24) is 15.2 Å². The Labute approximate surface area is 165 Å². The Balaban J connectivity index is 1.64. The highest BCUT2D eigenvalue weighted by atomic mass is 32.2. The molecule has 0 saturated carbocycles. The molecule has 0 saturated heterocycles. The van der Waals surface area contributed by atoms with E-state index in [1.54, 1.807) is 6.92 Å². The zero-order chi connectivity index (χ0) is 19.6. The minimum absolute atomic E-state index is 0.0380. The number of ketones is 2. The lowest BCUT2D eigenvalue weighted by Gasteiger charge is -2.02. The Bertz CT molecular complexity index is 1010. The van der Waals surface area contributed by atoms with Gasteiger partial charge in [0.15, 0.2) is 15.9 Å². The van der Waals surface area contributed by atoms with Crippen molar-refractivity contribution in [3.63, 3.8) is 0 Å². The van der Waals surface area contributed by atoms with Crippen molar-refractivity contribution in [2.24, 2.45) is 0 Å². The van der Waals surface area contributed by atoms with Crippen LogP contribution >= 0.6 is 23.1 Å². The highest BCUT2D eigenvalue weighted by Crippen LogP contribution is 2.29. The number of benzene rings is 1. The van der Waals surface area contributed by atoms with Crippen molar-refractivity contribution in [3.05, 3.63) is 52.3 Å². The molecule has 27 heavy (non-hydrogen) atoms. The van der Waals surface area contributed by atoms with E-state index in [1.807, 2.05) is 38.1 Å². The standard InChI is InChI=1S/C19H20N4O2S2/c1-10-6-5-7-14(8-10)21-18-22-23-19(27-18)26-9-15(25)17-11(2)16(13(4)24)12(3)20-17/h5-8,20H,9H2,1-4H3,(H,21,22). The molecule has 0 aliphatic carbocycles. The van der Waals surface area contributed by atoms with Gasteiger partial charge in [0, 0.05) is 16.9 Å². The maximum atomic E-state index is 12.5. The third kappa shape index (κ3) is 4.45. The van der Waals surface area contributed by atoms with Crippen LogP contribution < -0.4 is 5.32 Å². The van der Waals surface area contributed by atoms with Gasteiger partial charge in [0.1, 0.15) is 0 Å². The number of anilines is 2. The van der Waals surface area contributed by atoms with E-state index >= 15 is 0 Å². The van der Waals surface area contributed by atoms with Crippen LogP contribution in [-0.4, -0.2) is 32.5 Å². The molecule has 0 atom stereocenters. The third-order valence-corrected chi connectivity index (χ3v) is 6.04. The van der Waals surface area contributed by atoms with E-state index in [9.17, 15) is 9.59 Å². The molecule has 0 aliphatic rings. The summed E-state index contributed by atoms with van der Waals surface area (Å²) in [6.45, 7) is 7.14. The van der Waals surface area contributed by atoms with Crippen molar-refractivity contribution in [1.29, 1.82) is 0 Å². The summed E-state index contributed by atoms with van der Waals surface area (Å²) in [7, 11) is 0. The second-order valence-electron chi connectivity index (χ2n) is 6.26. The van der Waals surface area contributed by atoms with Crippen molar-refractivity contribution >= 4 is 45.5 Å². The number of aryl methyl sites for hydroxylation is 2. The fraction of sp³-hybridized carbons (Fsp3) is 0.263. The number of carbonyl (C=O) groups is 2. The minimum Gasteiger partial charge on any atom is -0.355 e. The molecule has 1 aromatic carbocycles. The van der Waals surface area contributed by atoms with E-state index in [4.69, 9.17) is 0 Å².